The molecule has 2 aromatic rings. The monoisotopic (exact) mass is 327 g/mol. The van der Waals surface area contributed by atoms with Gasteiger partial charge in [0.15, 0.2) is 0 Å². The summed E-state index contributed by atoms with van der Waals surface area (Å²) >= 11 is 0. The van der Waals surface area contributed by atoms with Crippen molar-refractivity contribution in [2.75, 3.05) is 13.1 Å². The normalized spacial score (nSPS) is 19.1. The van der Waals surface area contributed by atoms with E-state index in [1.807, 2.05) is 30.9 Å². The maximum Gasteiger partial charge on any atom is 0.241 e. The molecule has 0 bridgehead atoms. The Bertz CT molecular complexity index is 720. The number of carbonyl (C=O) groups is 1. The molecule has 1 amide bonds. The highest BCUT2D eigenvalue weighted by atomic mass is 19.1. The van der Waals surface area contributed by atoms with Gasteiger partial charge in [-0.1, -0.05) is 6.07 Å². The van der Waals surface area contributed by atoms with Crippen LogP contribution >= 0.6 is 0 Å². The summed E-state index contributed by atoms with van der Waals surface area (Å²) in [6.45, 7) is 6.58. The summed E-state index contributed by atoms with van der Waals surface area (Å²) in [5.74, 6) is -0.0865. The Labute approximate surface area is 141 Å². The molecule has 1 aromatic carbocycles. The van der Waals surface area contributed by atoms with Crippen LogP contribution in [-0.4, -0.2) is 39.8 Å². The molecule has 1 fully saturated rings. The van der Waals surface area contributed by atoms with Crippen molar-refractivity contribution in [2.24, 2.45) is 0 Å². The highest BCUT2D eigenvalue weighted by Crippen LogP contribution is 2.25. The second kappa shape index (κ2) is 7.09. The van der Waals surface area contributed by atoms with E-state index in [0.717, 1.165) is 23.2 Å². The van der Waals surface area contributed by atoms with Gasteiger partial charge in [0.1, 0.15) is 11.9 Å². The van der Waals surface area contributed by atoms with Crippen LogP contribution in [0.15, 0.2) is 42.7 Å². The largest absolute Gasteiger partial charge is 0.337 e. The Morgan fingerprint density at radius 2 is 2.08 bits per heavy atom. The number of benzene rings is 1. The van der Waals surface area contributed by atoms with Gasteiger partial charge < -0.3 is 4.90 Å². The molecule has 0 saturated carbocycles. The second-order valence-electron chi connectivity index (χ2n) is 6.22. The van der Waals surface area contributed by atoms with Crippen LogP contribution in [0.4, 0.5) is 4.39 Å². The number of rotatable bonds is 6. The zero-order valence-electron chi connectivity index (χ0n) is 14.1. The van der Waals surface area contributed by atoms with E-state index in [2.05, 4.69) is 9.88 Å². The van der Waals surface area contributed by atoms with Crippen LogP contribution in [-0.2, 0) is 17.9 Å². The number of amides is 1. The molecule has 1 saturated heterocycles. The first-order chi connectivity index (χ1) is 11.6. The number of pyridine rings is 1. The summed E-state index contributed by atoms with van der Waals surface area (Å²) in [7, 11) is 0. The maximum atomic E-state index is 13.4. The van der Waals surface area contributed by atoms with Crippen molar-refractivity contribution >= 4 is 5.91 Å². The first kappa shape index (κ1) is 16.6. The molecule has 24 heavy (non-hydrogen) atoms. The average Bonchev–Trinajstić information content (AvgIpc) is 3.35. The SMILES string of the molecule is CCN(Cc1ccncc1)C(=O)C1CN1Cc1cc(F)ccc1C. The van der Waals surface area contributed by atoms with Crippen LogP contribution in [0, 0.1) is 12.7 Å². The van der Waals surface area contributed by atoms with Gasteiger partial charge in [-0.3, -0.25) is 14.7 Å². The zero-order chi connectivity index (χ0) is 17.1. The van der Waals surface area contributed by atoms with Crippen molar-refractivity contribution in [3.8, 4) is 0 Å². The molecule has 2 heterocycles. The van der Waals surface area contributed by atoms with Crippen molar-refractivity contribution in [3.63, 3.8) is 0 Å². The molecule has 1 aromatic heterocycles. The molecule has 126 valence electrons. The number of hydrogen-bond donors (Lipinski definition) is 0. The zero-order valence-corrected chi connectivity index (χ0v) is 14.1. The summed E-state index contributed by atoms with van der Waals surface area (Å²) < 4.78 is 13.4. The van der Waals surface area contributed by atoms with Crippen molar-refractivity contribution in [2.45, 2.75) is 33.0 Å². The fraction of sp³-hybridized carbons (Fsp3) is 0.368. The van der Waals surface area contributed by atoms with Gasteiger partial charge in [-0.25, -0.2) is 4.39 Å². The third kappa shape index (κ3) is 3.79. The molecular formula is C19H22FN3O. The topological polar surface area (TPSA) is 36.2 Å². The van der Waals surface area contributed by atoms with Crippen LogP contribution in [0.25, 0.3) is 0 Å². The molecule has 0 spiro atoms. The number of aryl methyl sites for hydroxylation is 1. The predicted molar refractivity (Wildman–Crippen MR) is 90.7 cm³/mol. The molecule has 0 radical (unpaired) electrons. The highest BCUT2D eigenvalue weighted by molar-refractivity contribution is 5.84. The number of aromatic nitrogens is 1. The summed E-state index contributed by atoms with van der Waals surface area (Å²) in [6.07, 6.45) is 3.48. The third-order valence-corrected chi connectivity index (χ3v) is 4.50. The Balaban J connectivity index is 1.61. The number of likely N-dealkylation sites (N-methyl/N-ethyl adjacent to an activating group) is 1. The Morgan fingerprint density at radius 3 is 2.79 bits per heavy atom. The Kier molecular flexibility index (Phi) is 4.90. The van der Waals surface area contributed by atoms with Gasteiger partial charge in [-0.05, 0) is 54.8 Å². The molecule has 0 aliphatic carbocycles. The minimum Gasteiger partial charge on any atom is -0.337 e. The minimum atomic E-state index is -0.229. The number of carbonyl (C=O) groups excluding carboxylic acids is 1. The van der Waals surface area contributed by atoms with Gasteiger partial charge in [0.05, 0.1) is 0 Å². The van der Waals surface area contributed by atoms with Crippen LogP contribution < -0.4 is 0 Å². The molecule has 3 rings (SSSR count). The van der Waals surface area contributed by atoms with Crippen molar-refractivity contribution < 1.29 is 9.18 Å². The molecule has 4 nitrogen and oxygen atoms in total. The van der Waals surface area contributed by atoms with Gasteiger partial charge in [0.25, 0.3) is 0 Å². The highest BCUT2D eigenvalue weighted by Gasteiger charge is 2.42. The molecule has 2 unspecified atom stereocenters. The number of halogens is 1. The molecule has 1 aliphatic rings. The minimum absolute atomic E-state index is 0.0885. The second-order valence-corrected chi connectivity index (χ2v) is 6.22. The lowest BCUT2D eigenvalue weighted by molar-refractivity contribution is -0.131. The molecular weight excluding hydrogens is 305 g/mol. The van der Waals surface area contributed by atoms with Crippen molar-refractivity contribution in [3.05, 3.63) is 65.2 Å². The molecule has 2 atom stereocenters. The van der Waals surface area contributed by atoms with E-state index in [4.69, 9.17) is 0 Å². The lowest BCUT2D eigenvalue weighted by atomic mass is 10.1. The van der Waals surface area contributed by atoms with E-state index in [9.17, 15) is 9.18 Å². The van der Waals surface area contributed by atoms with Crippen LogP contribution in [0.5, 0.6) is 0 Å². The predicted octanol–water partition coefficient (Wildman–Crippen LogP) is 2.76. The van der Waals surface area contributed by atoms with Gasteiger partial charge in [0.2, 0.25) is 5.91 Å². The Hall–Kier alpha value is -2.27. The Morgan fingerprint density at radius 1 is 1.33 bits per heavy atom. The smallest absolute Gasteiger partial charge is 0.241 e. The van der Waals surface area contributed by atoms with Gasteiger partial charge in [0, 0.05) is 38.6 Å². The fourth-order valence-corrected chi connectivity index (χ4v) is 2.88. The fourth-order valence-electron chi connectivity index (χ4n) is 2.88. The van der Waals surface area contributed by atoms with E-state index in [1.54, 1.807) is 24.5 Å². The number of hydrogen-bond acceptors (Lipinski definition) is 3. The van der Waals surface area contributed by atoms with Gasteiger partial charge in [-0.15, -0.1) is 0 Å². The van der Waals surface area contributed by atoms with Crippen molar-refractivity contribution in [1.82, 2.24) is 14.8 Å². The van der Waals surface area contributed by atoms with Crippen molar-refractivity contribution in [1.29, 1.82) is 0 Å². The summed E-state index contributed by atoms with van der Waals surface area (Å²) in [5.41, 5.74) is 3.08. The summed E-state index contributed by atoms with van der Waals surface area (Å²) in [5, 5.41) is 0. The molecule has 1 aliphatic heterocycles. The van der Waals surface area contributed by atoms with Crippen LogP contribution in [0.2, 0.25) is 0 Å². The summed E-state index contributed by atoms with van der Waals surface area (Å²) in [6, 6.07) is 8.58. The molecule has 0 N–H and O–H groups in total. The lowest BCUT2D eigenvalue weighted by Gasteiger charge is -2.21. The van der Waals surface area contributed by atoms with Crippen LogP contribution in [0.3, 0.4) is 0 Å². The third-order valence-electron chi connectivity index (χ3n) is 4.50. The first-order valence-corrected chi connectivity index (χ1v) is 8.25. The van der Waals surface area contributed by atoms with E-state index in [-0.39, 0.29) is 17.8 Å². The van der Waals surface area contributed by atoms with Crippen LogP contribution in [0.1, 0.15) is 23.6 Å². The number of nitrogens with zero attached hydrogens (tertiary/aromatic N) is 3. The van der Waals surface area contributed by atoms with Gasteiger partial charge >= 0.3 is 0 Å². The lowest BCUT2D eigenvalue weighted by Crippen LogP contribution is -2.35. The van der Waals surface area contributed by atoms with E-state index >= 15 is 0 Å². The quantitative estimate of drug-likeness (QED) is 0.766. The average molecular weight is 327 g/mol. The maximum absolute atomic E-state index is 13.4. The van der Waals surface area contributed by atoms with Gasteiger partial charge in [-0.2, -0.15) is 0 Å². The van der Waals surface area contributed by atoms with E-state index in [0.29, 0.717) is 19.6 Å². The first-order valence-electron chi connectivity index (χ1n) is 8.25. The van der Waals surface area contributed by atoms with E-state index in [1.165, 1.54) is 6.07 Å². The standard InChI is InChI=1S/C19H22FN3O/c1-3-22(11-15-6-8-21-9-7-15)19(24)18-13-23(18)12-16-10-17(20)5-4-14(16)2/h4-10,18H,3,11-13H2,1-2H3. The summed E-state index contributed by atoms with van der Waals surface area (Å²) in [4.78, 5) is 20.6. The van der Waals surface area contributed by atoms with E-state index < -0.39 is 0 Å². The molecule has 5 heteroatoms.